The van der Waals surface area contributed by atoms with Crippen molar-refractivity contribution in [3.05, 3.63) is 11.7 Å². The van der Waals surface area contributed by atoms with Crippen molar-refractivity contribution in [3.63, 3.8) is 0 Å². The molecule has 19 heavy (non-hydrogen) atoms. The molecular formula is C14H24N4O. The van der Waals surface area contributed by atoms with Crippen molar-refractivity contribution >= 4 is 0 Å². The molecule has 0 bridgehead atoms. The summed E-state index contributed by atoms with van der Waals surface area (Å²) in [5, 5.41) is 7.64. The Morgan fingerprint density at radius 1 is 1.42 bits per heavy atom. The molecule has 2 aliphatic rings. The largest absolute Gasteiger partial charge is 0.339 e. The van der Waals surface area contributed by atoms with E-state index in [1.54, 1.807) is 0 Å². The minimum absolute atomic E-state index is 0.311. The number of nitrogens with one attached hydrogen (secondary N) is 1. The van der Waals surface area contributed by atoms with Gasteiger partial charge in [-0.2, -0.15) is 4.98 Å². The van der Waals surface area contributed by atoms with E-state index in [9.17, 15) is 0 Å². The van der Waals surface area contributed by atoms with Crippen LogP contribution in [0.2, 0.25) is 0 Å². The van der Waals surface area contributed by atoms with Crippen LogP contribution in [0.3, 0.4) is 0 Å². The molecule has 2 saturated heterocycles. The number of fused-ring (bicyclic) bond motifs is 1. The van der Waals surface area contributed by atoms with E-state index < -0.39 is 0 Å². The maximum Gasteiger partial charge on any atom is 0.229 e. The molecule has 1 aromatic rings. The van der Waals surface area contributed by atoms with Crippen LogP contribution in [0.1, 0.15) is 44.8 Å². The van der Waals surface area contributed by atoms with Crippen LogP contribution in [-0.2, 0) is 6.54 Å². The van der Waals surface area contributed by atoms with Gasteiger partial charge in [0.2, 0.25) is 5.89 Å². The van der Waals surface area contributed by atoms with Crippen molar-refractivity contribution in [1.29, 1.82) is 0 Å². The Morgan fingerprint density at radius 3 is 2.95 bits per heavy atom. The minimum Gasteiger partial charge on any atom is -0.339 e. The minimum atomic E-state index is 0.311. The summed E-state index contributed by atoms with van der Waals surface area (Å²) in [5.74, 6) is 3.52. The fraction of sp³-hybridized carbons (Fsp3) is 0.857. The predicted octanol–water partition coefficient (Wildman–Crippen LogP) is 1.62. The van der Waals surface area contributed by atoms with E-state index in [1.165, 1.54) is 26.1 Å². The highest BCUT2D eigenvalue weighted by Gasteiger charge is 2.43. The van der Waals surface area contributed by atoms with Crippen LogP contribution in [0.15, 0.2) is 4.52 Å². The second-order valence-electron chi connectivity index (χ2n) is 6.19. The summed E-state index contributed by atoms with van der Waals surface area (Å²) in [6.07, 6.45) is 1.21. The van der Waals surface area contributed by atoms with Gasteiger partial charge < -0.3 is 9.84 Å². The second kappa shape index (κ2) is 5.21. The van der Waals surface area contributed by atoms with Gasteiger partial charge >= 0.3 is 0 Å². The van der Waals surface area contributed by atoms with Crippen LogP contribution in [0.5, 0.6) is 0 Å². The SMILES string of the molecule is CCC1C2CNCC2CN1Cc1noc(C(C)C)n1. The van der Waals surface area contributed by atoms with Crippen LogP contribution in [0.4, 0.5) is 0 Å². The first-order chi connectivity index (χ1) is 9.19. The number of rotatable bonds is 4. The molecule has 2 fully saturated rings. The zero-order valence-corrected chi connectivity index (χ0v) is 12.1. The molecule has 0 aliphatic carbocycles. The third-order valence-corrected chi connectivity index (χ3v) is 4.56. The van der Waals surface area contributed by atoms with Crippen molar-refractivity contribution in [2.45, 2.75) is 45.7 Å². The molecule has 3 rings (SSSR count). The normalized spacial score (nSPS) is 31.3. The maximum absolute atomic E-state index is 5.30. The molecule has 3 unspecified atom stereocenters. The van der Waals surface area contributed by atoms with Gasteiger partial charge in [0.1, 0.15) is 0 Å². The lowest BCUT2D eigenvalue weighted by Crippen LogP contribution is -2.34. The van der Waals surface area contributed by atoms with Crippen LogP contribution in [0.25, 0.3) is 0 Å². The highest BCUT2D eigenvalue weighted by Crippen LogP contribution is 2.34. The average molecular weight is 264 g/mol. The standard InChI is InChI=1S/C14H24N4O/c1-4-12-11-6-15-5-10(11)7-18(12)8-13-16-14(9(2)3)19-17-13/h9-12,15H,4-8H2,1-3H3. The Hall–Kier alpha value is -0.940. The summed E-state index contributed by atoms with van der Waals surface area (Å²) in [6, 6.07) is 0.668. The van der Waals surface area contributed by atoms with Gasteiger partial charge in [-0.25, -0.2) is 0 Å². The molecule has 5 nitrogen and oxygen atoms in total. The van der Waals surface area contributed by atoms with E-state index in [2.05, 4.69) is 41.1 Å². The van der Waals surface area contributed by atoms with Gasteiger partial charge in [0, 0.05) is 18.5 Å². The Bertz CT molecular complexity index is 431. The van der Waals surface area contributed by atoms with Gasteiger partial charge in [0.05, 0.1) is 6.54 Å². The van der Waals surface area contributed by atoms with Crippen LogP contribution in [0, 0.1) is 11.8 Å². The first-order valence-corrected chi connectivity index (χ1v) is 7.46. The summed E-state index contributed by atoms with van der Waals surface area (Å²) in [7, 11) is 0. The molecule has 0 amide bonds. The summed E-state index contributed by atoms with van der Waals surface area (Å²) < 4.78 is 5.30. The molecule has 1 aromatic heterocycles. The summed E-state index contributed by atoms with van der Waals surface area (Å²) in [4.78, 5) is 7.05. The van der Waals surface area contributed by atoms with Crippen LogP contribution in [-0.4, -0.2) is 40.7 Å². The van der Waals surface area contributed by atoms with Crippen LogP contribution < -0.4 is 5.32 Å². The molecule has 3 atom stereocenters. The smallest absolute Gasteiger partial charge is 0.229 e. The van der Waals surface area contributed by atoms with Gasteiger partial charge in [-0.15, -0.1) is 0 Å². The number of likely N-dealkylation sites (tertiary alicyclic amines) is 1. The van der Waals surface area contributed by atoms with Crippen LogP contribution >= 0.6 is 0 Å². The van der Waals surface area contributed by atoms with Gasteiger partial charge in [0.15, 0.2) is 5.82 Å². The first-order valence-electron chi connectivity index (χ1n) is 7.46. The zero-order chi connectivity index (χ0) is 13.4. The van der Waals surface area contributed by atoms with E-state index in [0.717, 1.165) is 30.1 Å². The van der Waals surface area contributed by atoms with E-state index in [0.29, 0.717) is 12.0 Å². The molecular weight excluding hydrogens is 240 g/mol. The van der Waals surface area contributed by atoms with Gasteiger partial charge in [-0.1, -0.05) is 25.9 Å². The molecule has 0 aromatic carbocycles. The molecule has 1 N–H and O–H groups in total. The molecule has 3 heterocycles. The number of nitrogens with zero attached hydrogens (tertiary/aromatic N) is 3. The summed E-state index contributed by atoms with van der Waals surface area (Å²) in [6.45, 7) is 10.8. The Kier molecular flexibility index (Phi) is 3.58. The highest BCUT2D eigenvalue weighted by atomic mass is 16.5. The number of hydrogen-bond acceptors (Lipinski definition) is 5. The van der Waals surface area contributed by atoms with Crippen molar-refractivity contribution in [2.24, 2.45) is 11.8 Å². The molecule has 5 heteroatoms. The molecule has 0 radical (unpaired) electrons. The topological polar surface area (TPSA) is 54.2 Å². The fourth-order valence-electron chi connectivity index (χ4n) is 3.60. The molecule has 106 valence electrons. The average Bonchev–Trinajstić information content (AvgIpc) is 3.04. The number of hydrogen-bond donors (Lipinski definition) is 1. The fourth-order valence-corrected chi connectivity index (χ4v) is 3.60. The highest BCUT2D eigenvalue weighted by molar-refractivity contribution is 5.00. The monoisotopic (exact) mass is 264 g/mol. The van der Waals surface area contributed by atoms with Crippen molar-refractivity contribution < 1.29 is 4.52 Å². The van der Waals surface area contributed by atoms with Gasteiger partial charge in [-0.3, -0.25) is 4.90 Å². The van der Waals surface area contributed by atoms with E-state index in [-0.39, 0.29) is 0 Å². The van der Waals surface area contributed by atoms with E-state index in [4.69, 9.17) is 4.52 Å². The van der Waals surface area contributed by atoms with E-state index >= 15 is 0 Å². The first kappa shape index (κ1) is 13.1. The Labute approximate surface area is 114 Å². The third kappa shape index (κ3) is 2.41. The van der Waals surface area contributed by atoms with Crippen molar-refractivity contribution in [3.8, 4) is 0 Å². The lowest BCUT2D eigenvalue weighted by molar-refractivity contribution is 0.203. The van der Waals surface area contributed by atoms with Crippen molar-refractivity contribution in [1.82, 2.24) is 20.4 Å². The van der Waals surface area contributed by atoms with Gasteiger partial charge in [0.25, 0.3) is 0 Å². The predicted molar refractivity (Wildman–Crippen MR) is 72.7 cm³/mol. The molecule has 2 aliphatic heterocycles. The summed E-state index contributed by atoms with van der Waals surface area (Å²) in [5.41, 5.74) is 0. The lowest BCUT2D eigenvalue weighted by Gasteiger charge is -2.25. The second-order valence-corrected chi connectivity index (χ2v) is 6.19. The molecule has 0 spiro atoms. The molecule has 0 saturated carbocycles. The zero-order valence-electron chi connectivity index (χ0n) is 12.1. The quantitative estimate of drug-likeness (QED) is 0.895. The number of aromatic nitrogens is 2. The van der Waals surface area contributed by atoms with Gasteiger partial charge in [-0.05, 0) is 31.3 Å². The third-order valence-electron chi connectivity index (χ3n) is 4.56. The lowest BCUT2D eigenvalue weighted by atomic mass is 9.93. The van der Waals surface area contributed by atoms with E-state index in [1.807, 2.05) is 0 Å². The Morgan fingerprint density at radius 2 is 2.26 bits per heavy atom. The Balaban J connectivity index is 1.68. The maximum atomic E-state index is 5.30. The van der Waals surface area contributed by atoms with Crippen molar-refractivity contribution in [2.75, 3.05) is 19.6 Å². The summed E-state index contributed by atoms with van der Waals surface area (Å²) >= 11 is 0.